The zero-order chi connectivity index (χ0) is 20.1. The molecule has 0 aliphatic carbocycles. The van der Waals surface area contributed by atoms with Crippen LogP contribution in [-0.2, 0) is 6.61 Å². The van der Waals surface area contributed by atoms with Crippen LogP contribution in [0.25, 0.3) is 11.3 Å². The first kappa shape index (κ1) is 18.6. The van der Waals surface area contributed by atoms with E-state index in [2.05, 4.69) is 20.4 Å². The summed E-state index contributed by atoms with van der Waals surface area (Å²) in [5.74, 6) is 0.706. The van der Waals surface area contributed by atoms with Gasteiger partial charge >= 0.3 is 0 Å². The molecular weight excluding hydrogens is 392 g/mol. The van der Waals surface area contributed by atoms with Crippen molar-refractivity contribution in [3.05, 3.63) is 89.5 Å². The Kier molecular flexibility index (Phi) is 5.49. The Morgan fingerprint density at radius 1 is 1.07 bits per heavy atom. The smallest absolute Gasteiger partial charge is 0.279 e. The number of anilines is 1. The number of nitrogens with one attached hydrogen (secondary N) is 1. The van der Waals surface area contributed by atoms with Crippen LogP contribution in [0.15, 0.2) is 77.7 Å². The van der Waals surface area contributed by atoms with Gasteiger partial charge in [-0.15, -0.1) is 0 Å². The number of rotatable bonds is 6. The van der Waals surface area contributed by atoms with Gasteiger partial charge < -0.3 is 14.6 Å². The Hall–Kier alpha value is -3.71. The van der Waals surface area contributed by atoms with Crippen LogP contribution in [0.1, 0.15) is 16.1 Å². The summed E-state index contributed by atoms with van der Waals surface area (Å²) in [6.45, 7) is 0.319. The minimum atomic E-state index is -0.463. The fraction of sp³-hybridized carbons (Fsp3) is 0.0476. The minimum Gasteiger partial charge on any atom is -0.485 e. The molecule has 29 heavy (non-hydrogen) atoms. The maximum absolute atomic E-state index is 12.6. The van der Waals surface area contributed by atoms with Crippen molar-refractivity contribution in [1.82, 2.24) is 15.1 Å². The number of hydrogen-bond donors (Lipinski definition) is 1. The molecule has 0 saturated heterocycles. The molecule has 0 spiro atoms. The highest BCUT2D eigenvalue weighted by atomic mass is 35.5. The molecular formula is C21H15ClN4O3. The van der Waals surface area contributed by atoms with E-state index in [1.807, 2.05) is 18.2 Å². The molecule has 3 heterocycles. The highest BCUT2D eigenvalue weighted by molar-refractivity contribution is 6.30. The molecule has 1 N–H and O–H groups in total. The van der Waals surface area contributed by atoms with Gasteiger partial charge in [0.15, 0.2) is 23.0 Å². The van der Waals surface area contributed by atoms with E-state index in [0.717, 1.165) is 11.1 Å². The van der Waals surface area contributed by atoms with E-state index >= 15 is 0 Å². The Labute approximate surface area is 171 Å². The molecule has 144 valence electrons. The molecule has 0 aliphatic heterocycles. The van der Waals surface area contributed by atoms with Gasteiger partial charge in [0.25, 0.3) is 5.91 Å². The predicted molar refractivity (Wildman–Crippen MR) is 108 cm³/mol. The Balaban J connectivity index is 1.48. The minimum absolute atomic E-state index is 0.116. The summed E-state index contributed by atoms with van der Waals surface area (Å²) in [6, 6.07) is 15.8. The summed E-state index contributed by atoms with van der Waals surface area (Å²) in [6.07, 6.45) is 4.94. The molecule has 0 bridgehead atoms. The summed E-state index contributed by atoms with van der Waals surface area (Å²) < 4.78 is 11.1. The van der Waals surface area contributed by atoms with Gasteiger partial charge in [0.05, 0.1) is 0 Å². The topological polar surface area (TPSA) is 90.1 Å². The Bertz CT molecular complexity index is 1130. The van der Waals surface area contributed by atoms with Crippen LogP contribution in [0.4, 0.5) is 5.82 Å². The van der Waals surface area contributed by atoms with Crippen molar-refractivity contribution in [2.24, 2.45) is 0 Å². The fourth-order valence-electron chi connectivity index (χ4n) is 2.57. The lowest BCUT2D eigenvalue weighted by Crippen LogP contribution is -2.14. The number of amides is 1. The number of benzene rings is 1. The van der Waals surface area contributed by atoms with Crippen LogP contribution in [0, 0.1) is 0 Å². The van der Waals surface area contributed by atoms with Gasteiger partial charge in [-0.2, -0.15) is 0 Å². The van der Waals surface area contributed by atoms with Crippen LogP contribution in [-0.4, -0.2) is 21.0 Å². The SMILES string of the molecule is O=C(Nc1ncccc1OCc1ccncc1)c1cc(-c2cccc(Cl)c2)on1. The number of aromatic nitrogens is 3. The molecule has 7 nitrogen and oxygen atoms in total. The van der Waals surface area contributed by atoms with Gasteiger partial charge in [0.1, 0.15) is 6.61 Å². The number of halogens is 1. The number of ether oxygens (including phenoxy) is 1. The summed E-state index contributed by atoms with van der Waals surface area (Å²) >= 11 is 6.00. The quantitative estimate of drug-likeness (QED) is 0.502. The Morgan fingerprint density at radius 3 is 2.76 bits per heavy atom. The van der Waals surface area contributed by atoms with Crippen molar-refractivity contribution in [3.8, 4) is 17.1 Å². The molecule has 0 aliphatic rings. The van der Waals surface area contributed by atoms with E-state index in [1.54, 1.807) is 55.0 Å². The average molecular weight is 407 g/mol. The van der Waals surface area contributed by atoms with Gasteiger partial charge in [-0.3, -0.25) is 9.78 Å². The molecule has 1 amide bonds. The standard InChI is InChI=1S/C21H15ClN4O3/c22-16-4-1-3-15(11-16)19-12-17(26-29-19)21(27)25-20-18(5-2-8-24-20)28-13-14-6-9-23-10-7-14/h1-12H,13H2,(H,24,25,27). The summed E-state index contributed by atoms with van der Waals surface area (Å²) in [5, 5.41) is 7.10. The zero-order valence-electron chi connectivity index (χ0n) is 15.1. The fourth-order valence-corrected chi connectivity index (χ4v) is 2.76. The first-order valence-corrected chi connectivity index (χ1v) is 9.07. The number of carbonyl (C=O) groups is 1. The monoisotopic (exact) mass is 406 g/mol. The third kappa shape index (κ3) is 4.59. The Morgan fingerprint density at radius 2 is 1.93 bits per heavy atom. The third-order valence-electron chi connectivity index (χ3n) is 4.00. The molecule has 3 aromatic heterocycles. The molecule has 0 saturated carbocycles. The van der Waals surface area contributed by atoms with E-state index in [4.69, 9.17) is 20.9 Å². The van der Waals surface area contributed by atoms with Crippen molar-refractivity contribution in [3.63, 3.8) is 0 Å². The van der Waals surface area contributed by atoms with E-state index in [0.29, 0.717) is 29.0 Å². The maximum atomic E-state index is 12.6. The molecule has 0 atom stereocenters. The average Bonchev–Trinajstić information content (AvgIpc) is 3.24. The number of carbonyl (C=O) groups excluding carboxylic acids is 1. The zero-order valence-corrected chi connectivity index (χ0v) is 15.8. The largest absolute Gasteiger partial charge is 0.485 e. The highest BCUT2D eigenvalue weighted by Crippen LogP contribution is 2.25. The molecule has 0 radical (unpaired) electrons. The number of hydrogen-bond acceptors (Lipinski definition) is 6. The van der Waals surface area contributed by atoms with Crippen LogP contribution < -0.4 is 10.1 Å². The van der Waals surface area contributed by atoms with Gasteiger partial charge in [-0.05, 0) is 42.0 Å². The molecule has 0 unspecified atom stereocenters. The van der Waals surface area contributed by atoms with E-state index in [1.165, 1.54) is 0 Å². The van der Waals surface area contributed by atoms with Crippen LogP contribution in [0.5, 0.6) is 5.75 Å². The second kappa shape index (κ2) is 8.53. The van der Waals surface area contributed by atoms with Crippen LogP contribution >= 0.6 is 11.6 Å². The lowest BCUT2D eigenvalue weighted by atomic mass is 10.1. The van der Waals surface area contributed by atoms with Crippen LogP contribution in [0.3, 0.4) is 0 Å². The maximum Gasteiger partial charge on any atom is 0.279 e. The van der Waals surface area contributed by atoms with Crippen LogP contribution in [0.2, 0.25) is 5.02 Å². The van der Waals surface area contributed by atoms with Crippen molar-refractivity contribution in [2.45, 2.75) is 6.61 Å². The second-order valence-corrected chi connectivity index (χ2v) is 6.47. The molecule has 4 rings (SSSR count). The van der Waals surface area contributed by atoms with Gasteiger partial charge in [-0.25, -0.2) is 4.98 Å². The summed E-state index contributed by atoms with van der Waals surface area (Å²) in [7, 11) is 0. The number of nitrogens with zero attached hydrogens (tertiary/aromatic N) is 3. The summed E-state index contributed by atoms with van der Waals surface area (Å²) in [5.41, 5.74) is 1.79. The van der Waals surface area contributed by atoms with Crippen molar-refractivity contribution in [2.75, 3.05) is 5.32 Å². The number of pyridine rings is 2. The summed E-state index contributed by atoms with van der Waals surface area (Å²) in [4.78, 5) is 20.7. The predicted octanol–water partition coefficient (Wildman–Crippen LogP) is 4.62. The van der Waals surface area contributed by atoms with E-state index in [9.17, 15) is 4.79 Å². The lowest BCUT2D eigenvalue weighted by Gasteiger charge is -2.10. The molecule has 0 fully saturated rings. The molecule has 8 heteroatoms. The normalized spacial score (nSPS) is 10.5. The highest BCUT2D eigenvalue weighted by Gasteiger charge is 2.16. The van der Waals surface area contributed by atoms with E-state index in [-0.39, 0.29) is 5.69 Å². The van der Waals surface area contributed by atoms with Gasteiger partial charge in [-0.1, -0.05) is 28.9 Å². The van der Waals surface area contributed by atoms with Crippen molar-refractivity contribution < 1.29 is 14.1 Å². The van der Waals surface area contributed by atoms with E-state index < -0.39 is 5.91 Å². The van der Waals surface area contributed by atoms with Crippen molar-refractivity contribution >= 4 is 23.3 Å². The van der Waals surface area contributed by atoms with Gasteiger partial charge in [0.2, 0.25) is 0 Å². The third-order valence-corrected chi connectivity index (χ3v) is 4.23. The second-order valence-electron chi connectivity index (χ2n) is 6.04. The van der Waals surface area contributed by atoms with Crippen molar-refractivity contribution in [1.29, 1.82) is 0 Å². The first-order valence-electron chi connectivity index (χ1n) is 8.70. The first-order chi connectivity index (χ1) is 14.2. The lowest BCUT2D eigenvalue weighted by molar-refractivity contribution is 0.101. The molecule has 1 aromatic carbocycles. The molecule has 4 aromatic rings. The van der Waals surface area contributed by atoms with Gasteiger partial charge in [0, 0.05) is 35.2 Å².